The predicted molar refractivity (Wildman–Crippen MR) is 99.7 cm³/mol. The van der Waals surface area contributed by atoms with Crippen molar-refractivity contribution >= 4 is 21.6 Å². The molecule has 1 unspecified atom stereocenters. The molecule has 1 aliphatic rings. The molecule has 0 spiro atoms. The summed E-state index contributed by atoms with van der Waals surface area (Å²) in [5.74, 6) is -0.177. The molecule has 0 bridgehead atoms. The van der Waals surface area contributed by atoms with E-state index in [9.17, 15) is 13.2 Å². The summed E-state index contributed by atoms with van der Waals surface area (Å²) in [5, 5.41) is 9.13. The number of nitrogens with zero attached hydrogens (tertiary/aromatic N) is 2. The Morgan fingerprint density at radius 1 is 1.26 bits per heavy atom. The topological polar surface area (TPSA) is 99.5 Å². The highest BCUT2D eigenvalue weighted by Crippen LogP contribution is 2.21. The van der Waals surface area contributed by atoms with Crippen LogP contribution in [0.1, 0.15) is 22.8 Å². The van der Waals surface area contributed by atoms with E-state index in [4.69, 9.17) is 10.00 Å². The van der Waals surface area contributed by atoms with Gasteiger partial charge < -0.3 is 9.64 Å². The lowest BCUT2D eigenvalue weighted by molar-refractivity contribution is 0.00360. The van der Waals surface area contributed by atoms with Crippen LogP contribution in [0.15, 0.2) is 53.4 Å². The van der Waals surface area contributed by atoms with Crippen LogP contribution in [0.25, 0.3) is 0 Å². The molecule has 2 aromatic carbocycles. The van der Waals surface area contributed by atoms with Gasteiger partial charge in [0.05, 0.1) is 24.8 Å². The SMILES string of the molecule is CC1COCCN1C(=O)c1cccc(NS(=O)(=O)c2ccccc2C#N)c1. The van der Waals surface area contributed by atoms with Gasteiger partial charge in [0.1, 0.15) is 11.0 Å². The Kier molecular flexibility index (Phi) is 5.44. The van der Waals surface area contributed by atoms with E-state index >= 15 is 0 Å². The van der Waals surface area contributed by atoms with Gasteiger partial charge in [-0.2, -0.15) is 5.26 Å². The number of amides is 1. The second-order valence-corrected chi connectivity index (χ2v) is 7.87. The number of nitriles is 1. The largest absolute Gasteiger partial charge is 0.377 e. The van der Waals surface area contributed by atoms with Crippen LogP contribution in [0.2, 0.25) is 0 Å². The van der Waals surface area contributed by atoms with Crippen LogP contribution in [0.5, 0.6) is 0 Å². The molecule has 1 N–H and O–H groups in total. The third-order valence-electron chi connectivity index (χ3n) is 4.29. The van der Waals surface area contributed by atoms with E-state index in [1.807, 2.05) is 13.0 Å². The molecule has 140 valence electrons. The molecule has 7 nitrogen and oxygen atoms in total. The Balaban J connectivity index is 1.86. The van der Waals surface area contributed by atoms with Gasteiger partial charge in [0, 0.05) is 17.8 Å². The fourth-order valence-electron chi connectivity index (χ4n) is 2.91. The Bertz CT molecular complexity index is 998. The van der Waals surface area contributed by atoms with Crippen molar-refractivity contribution in [1.29, 1.82) is 5.26 Å². The molecule has 1 saturated heterocycles. The fourth-order valence-corrected chi connectivity index (χ4v) is 4.12. The zero-order valence-corrected chi connectivity index (χ0v) is 15.6. The standard InChI is InChI=1S/C19H19N3O4S/c1-14-13-26-10-9-22(14)19(23)15-6-4-7-17(11-15)21-27(24,25)18-8-3-2-5-16(18)12-20/h2-8,11,14,21H,9-10,13H2,1H3. The molecular formula is C19H19N3O4S. The summed E-state index contributed by atoms with van der Waals surface area (Å²) in [7, 11) is -3.95. The summed E-state index contributed by atoms with van der Waals surface area (Å²) >= 11 is 0. The van der Waals surface area contributed by atoms with Gasteiger partial charge in [-0.1, -0.05) is 18.2 Å². The molecule has 0 aromatic heterocycles. The van der Waals surface area contributed by atoms with Crippen molar-refractivity contribution in [3.8, 4) is 6.07 Å². The van der Waals surface area contributed by atoms with E-state index in [-0.39, 0.29) is 28.1 Å². The lowest BCUT2D eigenvalue weighted by Gasteiger charge is -2.33. The summed E-state index contributed by atoms with van der Waals surface area (Å²) in [5.41, 5.74) is 0.700. The lowest BCUT2D eigenvalue weighted by atomic mass is 10.1. The highest BCUT2D eigenvalue weighted by molar-refractivity contribution is 7.92. The van der Waals surface area contributed by atoms with Gasteiger partial charge in [0.2, 0.25) is 0 Å². The summed E-state index contributed by atoms with van der Waals surface area (Å²) in [4.78, 5) is 14.4. The molecule has 0 radical (unpaired) electrons. The Labute approximate surface area is 158 Å². The number of hydrogen-bond acceptors (Lipinski definition) is 5. The summed E-state index contributed by atoms with van der Waals surface area (Å²) in [6, 6.07) is 14.1. The first-order valence-corrected chi connectivity index (χ1v) is 9.91. The second-order valence-electron chi connectivity index (χ2n) is 6.22. The Morgan fingerprint density at radius 3 is 2.78 bits per heavy atom. The number of hydrogen-bond donors (Lipinski definition) is 1. The van der Waals surface area contributed by atoms with E-state index in [1.54, 1.807) is 35.2 Å². The molecule has 1 amide bonds. The molecule has 27 heavy (non-hydrogen) atoms. The number of anilines is 1. The maximum absolute atomic E-state index is 12.7. The van der Waals surface area contributed by atoms with E-state index < -0.39 is 10.0 Å². The first-order valence-electron chi connectivity index (χ1n) is 8.43. The summed E-state index contributed by atoms with van der Waals surface area (Å²) in [6.07, 6.45) is 0. The van der Waals surface area contributed by atoms with Gasteiger partial charge >= 0.3 is 0 Å². The maximum Gasteiger partial charge on any atom is 0.263 e. The molecule has 8 heteroatoms. The van der Waals surface area contributed by atoms with E-state index in [0.29, 0.717) is 25.3 Å². The monoisotopic (exact) mass is 385 g/mol. The first-order chi connectivity index (χ1) is 12.9. The van der Waals surface area contributed by atoms with Gasteiger partial charge in [0.15, 0.2) is 0 Å². The fraction of sp³-hybridized carbons (Fsp3) is 0.263. The van der Waals surface area contributed by atoms with E-state index in [0.717, 1.165) is 0 Å². The van der Waals surface area contributed by atoms with E-state index in [1.165, 1.54) is 18.2 Å². The molecule has 3 rings (SSSR count). The van der Waals surface area contributed by atoms with Crippen LogP contribution in [0.3, 0.4) is 0 Å². The van der Waals surface area contributed by atoms with Crippen LogP contribution in [0.4, 0.5) is 5.69 Å². The molecule has 2 aromatic rings. The number of rotatable bonds is 4. The Morgan fingerprint density at radius 2 is 2.04 bits per heavy atom. The molecule has 0 aliphatic carbocycles. The minimum atomic E-state index is -3.95. The average molecular weight is 385 g/mol. The number of morpholine rings is 1. The molecule has 0 saturated carbocycles. The van der Waals surface area contributed by atoms with Crippen molar-refractivity contribution < 1.29 is 17.9 Å². The van der Waals surface area contributed by atoms with Gasteiger partial charge in [-0.3, -0.25) is 9.52 Å². The zero-order valence-electron chi connectivity index (χ0n) is 14.8. The number of benzene rings is 2. The Hall–Kier alpha value is -2.89. The van der Waals surface area contributed by atoms with Crippen molar-refractivity contribution in [3.63, 3.8) is 0 Å². The maximum atomic E-state index is 12.7. The first kappa shape index (κ1) is 18.9. The predicted octanol–water partition coefficient (Wildman–Crippen LogP) is 2.22. The lowest BCUT2D eigenvalue weighted by Crippen LogP contribution is -2.47. The normalized spacial score (nSPS) is 17.2. The molecular weight excluding hydrogens is 366 g/mol. The van der Waals surface area contributed by atoms with Crippen molar-refractivity contribution in [2.24, 2.45) is 0 Å². The van der Waals surface area contributed by atoms with Crippen LogP contribution in [-0.4, -0.2) is 45.0 Å². The van der Waals surface area contributed by atoms with Crippen LogP contribution in [-0.2, 0) is 14.8 Å². The smallest absolute Gasteiger partial charge is 0.263 e. The average Bonchev–Trinajstić information content (AvgIpc) is 2.67. The van der Waals surface area contributed by atoms with Crippen molar-refractivity contribution in [2.45, 2.75) is 17.9 Å². The highest BCUT2D eigenvalue weighted by atomic mass is 32.2. The van der Waals surface area contributed by atoms with Crippen molar-refractivity contribution in [1.82, 2.24) is 4.90 Å². The second kappa shape index (κ2) is 7.78. The van der Waals surface area contributed by atoms with Gasteiger partial charge in [0.25, 0.3) is 15.9 Å². The van der Waals surface area contributed by atoms with Crippen molar-refractivity contribution in [3.05, 3.63) is 59.7 Å². The summed E-state index contributed by atoms with van der Waals surface area (Å²) < 4.78 is 33.1. The summed E-state index contributed by atoms with van der Waals surface area (Å²) in [6.45, 7) is 3.35. The quantitative estimate of drug-likeness (QED) is 0.870. The van der Waals surface area contributed by atoms with Crippen LogP contribution >= 0.6 is 0 Å². The molecule has 1 heterocycles. The number of sulfonamides is 1. The molecule has 1 atom stereocenters. The van der Waals surface area contributed by atoms with Crippen molar-refractivity contribution in [2.75, 3.05) is 24.5 Å². The number of carbonyl (C=O) groups excluding carboxylic acids is 1. The van der Waals surface area contributed by atoms with Crippen LogP contribution in [0, 0.1) is 11.3 Å². The molecule has 1 fully saturated rings. The minimum Gasteiger partial charge on any atom is -0.377 e. The minimum absolute atomic E-state index is 0.0471. The third kappa shape index (κ3) is 4.10. The molecule has 1 aliphatic heterocycles. The number of carbonyl (C=O) groups is 1. The third-order valence-corrected chi connectivity index (χ3v) is 5.73. The van der Waals surface area contributed by atoms with Gasteiger partial charge in [-0.25, -0.2) is 8.42 Å². The highest BCUT2D eigenvalue weighted by Gasteiger charge is 2.25. The zero-order chi connectivity index (χ0) is 19.4. The van der Waals surface area contributed by atoms with E-state index in [2.05, 4.69) is 4.72 Å². The number of nitrogens with one attached hydrogen (secondary N) is 1. The van der Waals surface area contributed by atoms with Gasteiger partial charge in [-0.15, -0.1) is 0 Å². The van der Waals surface area contributed by atoms with Crippen LogP contribution < -0.4 is 4.72 Å². The van der Waals surface area contributed by atoms with Gasteiger partial charge in [-0.05, 0) is 37.3 Å². The number of ether oxygens (including phenoxy) is 1.